The largest absolute Gasteiger partial charge is 0.478 e. The van der Waals surface area contributed by atoms with Crippen LogP contribution >= 0.6 is 47.5 Å². The van der Waals surface area contributed by atoms with Gasteiger partial charge in [0.25, 0.3) is 0 Å². The molecule has 0 saturated carbocycles. The molecular formula is C34H24O26S4. The first kappa shape index (κ1) is 54.0. The summed E-state index contributed by atoms with van der Waals surface area (Å²) in [7, 11) is 6.68. The Bertz CT molecular complexity index is 2790. The summed E-state index contributed by atoms with van der Waals surface area (Å²) in [6.07, 6.45) is 0. The Morgan fingerprint density at radius 3 is 0.953 bits per heavy atom. The Hall–Kier alpha value is -8.01. The van der Waals surface area contributed by atoms with Crippen molar-refractivity contribution >= 4 is 127 Å². The average molecular weight is 977 g/mol. The highest BCUT2D eigenvalue weighted by atomic mass is 32.1. The minimum atomic E-state index is -1.80. The lowest BCUT2D eigenvalue weighted by Crippen LogP contribution is -2.16. The molecule has 0 amide bonds. The van der Waals surface area contributed by atoms with Gasteiger partial charge >= 0.3 is 82.2 Å². The Kier molecular flexibility index (Phi) is 19.6. The van der Waals surface area contributed by atoms with Crippen molar-refractivity contribution in [1.29, 1.82) is 0 Å². The van der Waals surface area contributed by atoms with Gasteiger partial charge in [0.15, 0.2) is 0 Å². The summed E-state index contributed by atoms with van der Waals surface area (Å²) in [5.41, 5.74) is -6.27. The molecule has 0 aromatic carbocycles. The lowest BCUT2D eigenvalue weighted by atomic mass is 10.1. The van der Waals surface area contributed by atoms with Gasteiger partial charge in [-0.05, 0) is 0 Å². The van der Waals surface area contributed by atoms with Gasteiger partial charge in [0.1, 0.15) is 61.9 Å². The summed E-state index contributed by atoms with van der Waals surface area (Å²) in [6.45, 7) is 0. The van der Waals surface area contributed by atoms with E-state index < -0.39 is 103 Å². The van der Waals surface area contributed by atoms with Crippen molar-refractivity contribution in [2.45, 2.75) is 0 Å². The molecule has 0 saturated heterocycles. The molecular weight excluding hydrogens is 953 g/mol. The summed E-state index contributed by atoms with van der Waals surface area (Å²) in [6, 6.07) is 0. The number of carbonyl (C=O) groups is 10. The lowest BCUT2D eigenvalue weighted by Gasteiger charge is -2.04. The molecule has 0 radical (unpaired) electrons. The van der Waals surface area contributed by atoms with Gasteiger partial charge < -0.3 is 57.7 Å². The topological polar surface area (TPSA) is 402 Å². The number of esters is 6. The van der Waals surface area contributed by atoms with Gasteiger partial charge in [0.05, 0.1) is 42.7 Å². The van der Waals surface area contributed by atoms with E-state index in [1.165, 1.54) is 14.2 Å². The third-order valence-corrected chi connectivity index (χ3v) is 10.3. The van der Waals surface area contributed by atoms with Crippen LogP contribution in [0.3, 0.4) is 0 Å². The number of fused-ring (bicyclic) bond motifs is 3. The molecule has 5 rings (SSSR count). The van der Waals surface area contributed by atoms with Crippen molar-refractivity contribution in [3.05, 3.63) is 83.4 Å². The van der Waals surface area contributed by atoms with Crippen molar-refractivity contribution in [2.75, 3.05) is 42.7 Å². The van der Waals surface area contributed by atoms with Crippen LogP contribution in [0.5, 0.6) is 0 Å². The van der Waals surface area contributed by atoms with Gasteiger partial charge in [-0.25, -0.2) is 67.1 Å². The van der Waals surface area contributed by atoms with Gasteiger partial charge in [0.2, 0.25) is 0 Å². The molecule has 4 N–H and O–H groups in total. The van der Waals surface area contributed by atoms with E-state index >= 15 is 0 Å². The van der Waals surface area contributed by atoms with E-state index in [1.54, 1.807) is 0 Å². The minimum Gasteiger partial charge on any atom is -0.478 e. The molecule has 5 heterocycles. The molecule has 0 atom stereocenters. The Morgan fingerprint density at radius 2 is 0.703 bits per heavy atom. The molecule has 5 aromatic rings. The Labute approximate surface area is 369 Å². The monoisotopic (exact) mass is 976 g/mol. The van der Waals surface area contributed by atoms with Gasteiger partial charge in [0, 0.05) is 11.8 Å². The molecule has 26 nitrogen and oxygen atoms in total. The van der Waals surface area contributed by atoms with Crippen LogP contribution in [-0.2, 0) is 38.0 Å². The highest BCUT2D eigenvalue weighted by Crippen LogP contribution is 2.32. The molecule has 0 bridgehead atoms. The summed E-state index contributed by atoms with van der Waals surface area (Å²) in [5, 5.41) is 34.5. The Morgan fingerprint density at radius 1 is 0.406 bits per heavy atom. The number of carboxylic acid groups (broad SMARTS) is 4. The van der Waals surface area contributed by atoms with Crippen molar-refractivity contribution in [2.24, 2.45) is 0 Å². The molecule has 0 aliphatic carbocycles. The second kappa shape index (κ2) is 23.3. The fourth-order valence-electron chi connectivity index (χ4n) is 4.31. The van der Waals surface area contributed by atoms with E-state index in [-0.39, 0.29) is 65.9 Å². The SMILES string of the molecule is COC(=O)C#CC(=O)OC.COC(=O)c1sc(C(=O)OC)c(C(=O)OC)c1C(=O)OC.O=C(O)c1sc(C(=O)O)c(C(=O)O)c1C(=O)O.O=c1oc(=O)c2c1sc1c(=O)oc(=O)c12.S. The third-order valence-electron chi connectivity index (χ3n) is 6.85. The van der Waals surface area contributed by atoms with Crippen molar-refractivity contribution in [3.8, 4) is 11.8 Å². The molecule has 0 aliphatic heterocycles. The average Bonchev–Trinajstić information content (AvgIpc) is 4.06. The maximum Gasteiger partial charge on any atom is 0.384 e. The standard InChI is InChI=1S/C12H12O8S.C8H4O8S.C8O6S.C6H6O4.H2S/c1-17-9(13)5-6(10(14)18-2)8(12(16)20-4)21-7(5)11(15)19-3;9-5(10)1-2(6(11)12)4(8(15)16)17-3(1)7(13)14;9-5-1-2-4(8(12)14-6(2)10)15-3(1)7(11)13-5;1-9-5(7)3-4-6(8)10-2;/h1-4H3;(H,9,10)(H,11,12)(H,13,14)(H,15,16);;1-2H3;1H2. The predicted octanol–water partition coefficient (Wildman–Crippen LogP) is 0.441. The Balaban J connectivity index is 0.000000436. The van der Waals surface area contributed by atoms with E-state index in [9.17, 15) is 67.1 Å². The number of aromatic carboxylic acids is 4. The van der Waals surface area contributed by atoms with Crippen LogP contribution in [0, 0.1) is 11.8 Å². The number of carboxylic acids is 4. The number of furan rings is 2. The number of hydrogen-bond acceptors (Lipinski definition) is 25. The molecule has 0 fully saturated rings. The molecule has 64 heavy (non-hydrogen) atoms. The molecule has 340 valence electrons. The van der Waals surface area contributed by atoms with Crippen LogP contribution in [0.1, 0.15) is 80.1 Å². The zero-order chi connectivity index (χ0) is 48.2. The summed E-state index contributed by atoms with van der Waals surface area (Å²) in [4.78, 5) is 153. The number of ether oxygens (including phenoxy) is 6. The lowest BCUT2D eigenvalue weighted by molar-refractivity contribution is -0.135. The van der Waals surface area contributed by atoms with E-state index in [1.807, 2.05) is 11.8 Å². The quantitative estimate of drug-likeness (QED) is 0.0709. The van der Waals surface area contributed by atoms with Crippen LogP contribution in [0.4, 0.5) is 0 Å². The maximum absolute atomic E-state index is 11.8. The van der Waals surface area contributed by atoms with Crippen LogP contribution in [-0.4, -0.2) is 123 Å². The third kappa shape index (κ3) is 11.9. The number of hydrogen-bond donors (Lipinski definition) is 4. The number of carbonyl (C=O) groups excluding carboxylic acids is 6. The molecule has 0 aliphatic rings. The van der Waals surface area contributed by atoms with E-state index in [4.69, 9.17) is 20.4 Å². The number of rotatable bonds is 8. The van der Waals surface area contributed by atoms with E-state index in [0.717, 1.165) is 39.8 Å². The van der Waals surface area contributed by atoms with Gasteiger partial charge in [-0.1, -0.05) is 0 Å². The summed E-state index contributed by atoms with van der Waals surface area (Å²) >= 11 is 1.43. The van der Waals surface area contributed by atoms with E-state index in [0.29, 0.717) is 11.3 Å². The fourth-order valence-corrected chi connectivity index (χ4v) is 7.42. The zero-order valence-corrected chi connectivity index (χ0v) is 35.9. The minimum absolute atomic E-state index is 0. The van der Waals surface area contributed by atoms with Crippen molar-refractivity contribution in [1.82, 2.24) is 0 Å². The molecule has 0 spiro atoms. The molecule has 5 aromatic heterocycles. The second-order valence-electron chi connectivity index (χ2n) is 10.3. The van der Waals surface area contributed by atoms with Crippen LogP contribution in [0.25, 0.3) is 20.2 Å². The molecule has 30 heteroatoms. The van der Waals surface area contributed by atoms with Gasteiger partial charge in [-0.15, -0.1) is 34.0 Å². The first-order valence-electron chi connectivity index (χ1n) is 15.5. The fraction of sp³-hybridized carbons (Fsp3) is 0.176. The number of methoxy groups -OCH3 is 6. The molecule has 0 unspecified atom stereocenters. The normalized spacial score (nSPS) is 9.66. The zero-order valence-electron chi connectivity index (χ0n) is 32.5. The van der Waals surface area contributed by atoms with Crippen LogP contribution in [0.2, 0.25) is 0 Å². The predicted molar refractivity (Wildman–Crippen MR) is 215 cm³/mol. The second-order valence-corrected chi connectivity index (χ2v) is 13.4. The van der Waals surface area contributed by atoms with Crippen molar-refractivity contribution < 1.29 is 106 Å². The van der Waals surface area contributed by atoms with E-state index in [2.05, 4.69) is 37.3 Å². The summed E-state index contributed by atoms with van der Waals surface area (Å²) in [5.74, 6) is -8.43. The van der Waals surface area contributed by atoms with Crippen molar-refractivity contribution in [3.63, 3.8) is 0 Å². The highest BCUT2D eigenvalue weighted by molar-refractivity contribution is 7.59. The van der Waals surface area contributed by atoms with Crippen LogP contribution < -0.4 is 22.5 Å². The smallest absolute Gasteiger partial charge is 0.384 e. The highest BCUT2D eigenvalue weighted by Gasteiger charge is 2.36. The maximum atomic E-state index is 11.8. The number of thiophene rings is 3. The summed E-state index contributed by atoms with van der Waals surface area (Å²) < 4.78 is 34.9. The van der Waals surface area contributed by atoms with Gasteiger partial charge in [-0.3, -0.25) is 0 Å². The van der Waals surface area contributed by atoms with Crippen LogP contribution in [0.15, 0.2) is 28.0 Å². The van der Waals surface area contributed by atoms with Gasteiger partial charge in [-0.2, -0.15) is 13.5 Å². The first-order chi connectivity index (χ1) is 29.5. The first-order valence-corrected chi connectivity index (χ1v) is 17.9.